The first-order chi connectivity index (χ1) is 10.9. The molecule has 1 fully saturated rings. The van der Waals surface area contributed by atoms with Gasteiger partial charge in [-0.2, -0.15) is 0 Å². The molecule has 2 N–H and O–H groups in total. The van der Waals surface area contributed by atoms with Crippen LogP contribution in [-0.4, -0.2) is 47.4 Å². The monoisotopic (exact) mass is 346 g/mol. The Morgan fingerprint density at radius 1 is 1.39 bits per heavy atom. The maximum atomic E-state index is 13.5. The Morgan fingerprint density at radius 3 is 2.87 bits per heavy atom. The molecular formula is C15H23FN2O4S. The number of rotatable bonds is 7. The summed E-state index contributed by atoms with van der Waals surface area (Å²) in [7, 11) is -2.36. The van der Waals surface area contributed by atoms with Gasteiger partial charge in [0.25, 0.3) is 0 Å². The summed E-state index contributed by atoms with van der Waals surface area (Å²) in [5, 5.41) is 3.23. The van der Waals surface area contributed by atoms with Gasteiger partial charge in [0.05, 0.1) is 6.61 Å². The lowest BCUT2D eigenvalue weighted by Gasteiger charge is -2.30. The van der Waals surface area contributed by atoms with E-state index in [9.17, 15) is 12.8 Å². The lowest BCUT2D eigenvalue weighted by atomic mass is 10.0. The number of benzene rings is 1. The number of methoxy groups -OCH3 is 1. The second-order valence-electron chi connectivity index (χ2n) is 5.55. The van der Waals surface area contributed by atoms with Gasteiger partial charge in [-0.1, -0.05) is 0 Å². The Kier molecular flexibility index (Phi) is 6.34. The number of hydrogen-bond donors (Lipinski definition) is 2. The van der Waals surface area contributed by atoms with Gasteiger partial charge in [-0.3, -0.25) is 0 Å². The fourth-order valence-electron chi connectivity index (χ4n) is 2.51. The number of halogens is 1. The van der Waals surface area contributed by atoms with E-state index in [1.54, 1.807) is 0 Å². The Morgan fingerprint density at radius 2 is 2.17 bits per heavy atom. The zero-order valence-electron chi connectivity index (χ0n) is 13.3. The van der Waals surface area contributed by atoms with Gasteiger partial charge < -0.3 is 14.8 Å². The molecule has 130 valence electrons. The molecule has 23 heavy (non-hydrogen) atoms. The van der Waals surface area contributed by atoms with Gasteiger partial charge in [-0.05, 0) is 44.5 Å². The van der Waals surface area contributed by atoms with E-state index in [-0.39, 0.29) is 29.3 Å². The van der Waals surface area contributed by atoms with Crippen LogP contribution in [0.3, 0.4) is 0 Å². The van der Waals surface area contributed by atoms with Crippen molar-refractivity contribution in [3.63, 3.8) is 0 Å². The SMILES string of the molecule is COCCOc1ccc(F)cc1S(=O)(=O)NC1CCCNC1C. The highest BCUT2D eigenvalue weighted by Gasteiger charge is 2.28. The zero-order chi connectivity index (χ0) is 16.9. The molecule has 2 unspecified atom stereocenters. The molecule has 0 spiro atoms. The molecule has 0 saturated carbocycles. The topological polar surface area (TPSA) is 76.7 Å². The molecule has 1 aromatic carbocycles. The van der Waals surface area contributed by atoms with Gasteiger partial charge in [-0.25, -0.2) is 17.5 Å². The van der Waals surface area contributed by atoms with Crippen LogP contribution in [0.4, 0.5) is 4.39 Å². The fraction of sp³-hybridized carbons (Fsp3) is 0.600. The quantitative estimate of drug-likeness (QED) is 0.727. The third-order valence-corrected chi connectivity index (χ3v) is 5.32. The normalized spacial score (nSPS) is 22.0. The summed E-state index contributed by atoms with van der Waals surface area (Å²) in [5.74, 6) is -0.508. The number of hydrogen-bond acceptors (Lipinski definition) is 5. The Balaban J connectivity index is 2.21. The van der Waals surface area contributed by atoms with E-state index in [4.69, 9.17) is 9.47 Å². The lowest BCUT2D eigenvalue weighted by molar-refractivity contribution is 0.144. The van der Waals surface area contributed by atoms with Crippen molar-refractivity contribution in [2.24, 2.45) is 0 Å². The van der Waals surface area contributed by atoms with Crippen LogP contribution in [0.2, 0.25) is 0 Å². The van der Waals surface area contributed by atoms with E-state index < -0.39 is 15.8 Å². The summed E-state index contributed by atoms with van der Waals surface area (Å²) in [6.07, 6.45) is 1.63. The van der Waals surface area contributed by atoms with Crippen molar-refractivity contribution < 1.29 is 22.3 Å². The van der Waals surface area contributed by atoms with Crippen molar-refractivity contribution in [1.29, 1.82) is 0 Å². The maximum Gasteiger partial charge on any atom is 0.244 e. The molecule has 0 bridgehead atoms. The van der Waals surface area contributed by atoms with E-state index in [1.807, 2.05) is 6.92 Å². The molecule has 1 aliphatic heterocycles. The second kappa shape index (κ2) is 8.05. The van der Waals surface area contributed by atoms with Crippen LogP contribution >= 0.6 is 0 Å². The highest BCUT2D eigenvalue weighted by molar-refractivity contribution is 7.89. The fourth-order valence-corrected chi connectivity index (χ4v) is 4.02. The van der Waals surface area contributed by atoms with Gasteiger partial charge in [0.15, 0.2) is 0 Å². The van der Waals surface area contributed by atoms with Crippen molar-refractivity contribution in [2.75, 3.05) is 26.9 Å². The molecule has 1 heterocycles. The van der Waals surface area contributed by atoms with Crippen LogP contribution < -0.4 is 14.8 Å². The van der Waals surface area contributed by atoms with Crippen molar-refractivity contribution in [2.45, 2.75) is 36.7 Å². The Hall–Kier alpha value is -1.22. The summed E-state index contributed by atoms with van der Waals surface area (Å²) in [5.41, 5.74) is 0. The molecular weight excluding hydrogens is 323 g/mol. The molecule has 2 atom stereocenters. The summed E-state index contributed by atoms with van der Waals surface area (Å²) in [6.45, 7) is 3.29. The van der Waals surface area contributed by atoms with Crippen molar-refractivity contribution in [3.8, 4) is 5.75 Å². The van der Waals surface area contributed by atoms with Crippen molar-refractivity contribution in [1.82, 2.24) is 10.0 Å². The second-order valence-corrected chi connectivity index (χ2v) is 7.23. The van der Waals surface area contributed by atoms with Gasteiger partial charge >= 0.3 is 0 Å². The average molecular weight is 346 g/mol. The molecule has 2 rings (SSSR count). The highest BCUT2D eigenvalue weighted by Crippen LogP contribution is 2.25. The minimum Gasteiger partial charge on any atom is -0.490 e. The molecule has 6 nitrogen and oxygen atoms in total. The minimum absolute atomic E-state index is 0.0185. The van der Waals surface area contributed by atoms with Crippen molar-refractivity contribution in [3.05, 3.63) is 24.0 Å². The summed E-state index contributed by atoms with van der Waals surface area (Å²) in [6, 6.07) is 3.26. The van der Waals surface area contributed by atoms with Crippen LogP contribution in [0.25, 0.3) is 0 Å². The number of nitrogens with one attached hydrogen (secondary N) is 2. The molecule has 0 radical (unpaired) electrons. The third kappa shape index (κ3) is 4.87. The number of sulfonamides is 1. The van der Waals surface area contributed by atoms with E-state index in [1.165, 1.54) is 19.2 Å². The molecule has 0 amide bonds. The van der Waals surface area contributed by atoms with Crippen molar-refractivity contribution >= 4 is 10.0 Å². The zero-order valence-corrected chi connectivity index (χ0v) is 14.2. The molecule has 0 aliphatic carbocycles. The van der Waals surface area contributed by atoms with Crippen LogP contribution in [0.5, 0.6) is 5.75 Å². The minimum atomic E-state index is -3.88. The Labute approximate surface area is 136 Å². The van der Waals surface area contributed by atoms with Crippen LogP contribution in [0, 0.1) is 5.82 Å². The van der Waals surface area contributed by atoms with E-state index >= 15 is 0 Å². The smallest absolute Gasteiger partial charge is 0.244 e. The maximum absolute atomic E-state index is 13.5. The average Bonchev–Trinajstić information content (AvgIpc) is 2.51. The largest absolute Gasteiger partial charge is 0.490 e. The first kappa shape index (κ1) is 18.1. The van der Waals surface area contributed by atoms with E-state index in [0.29, 0.717) is 6.61 Å². The molecule has 0 aromatic heterocycles. The lowest BCUT2D eigenvalue weighted by Crippen LogP contribution is -2.51. The van der Waals surface area contributed by atoms with Crippen LogP contribution in [0.1, 0.15) is 19.8 Å². The van der Waals surface area contributed by atoms with Gasteiger partial charge in [0.2, 0.25) is 10.0 Å². The number of ether oxygens (including phenoxy) is 2. The predicted molar refractivity (Wildman–Crippen MR) is 84.6 cm³/mol. The Bertz CT molecular complexity index is 624. The molecule has 1 aliphatic rings. The predicted octanol–water partition coefficient (Wildman–Crippen LogP) is 1.27. The number of piperidine rings is 1. The van der Waals surface area contributed by atoms with Gasteiger partial charge in [-0.15, -0.1) is 0 Å². The van der Waals surface area contributed by atoms with E-state index in [2.05, 4.69) is 10.0 Å². The molecule has 1 aromatic rings. The first-order valence-corrected chi connectivity index (χ1v) is 9.09. The highest BCUT2D eigenvalue weighted by atomic mass is 32.2. The summed E-state index contributed by atoms with van der Waals surface area (Å²) >= 11 is 0. The van der Waals surface area contributed by atoms with Crippen LogP contribution in [-0.2, 0) is 14.8 Å². The van der Waals surface area contributed by atoms with Crippen LogP contribution in [0.15, 0.2) is 23.1 Å². The first-order valence-electron chi connectivity index (χ1n) is 7.61. The standard InChI is InChI=1S/C15H23FN2O4S/c1-11-13(4-3-7-17-11)18-23(19,20)15-10-12(16)5-6-14(15)22-9-8-21-2/h5-6,10-11,13,17-18H,3-4,7-9H2,1-2H3. The molecule has 1 saturated heterocycles. The van der Waals surface area contributed by atoms with Gasteiger partial charge in [0.1, 0.15) is 23.1 Å². The van der Waals surface area contributed by atoms with E-state index in [0.717, 1.165) is 25.5 Å². The molecule has 8 heteroatoms. The van der Waals surface area contributed by atoms with Gasteiger partial charge in [0, 0.05) is 19.2 Å². The summed E-state index contributed by atoms with van der Waals surface area (Å²) < 4.78 is 51.7. The summed E-state index contributed by atoms with van der Waals surface area (Å²) in [4.78, 5) is -0.189. The third-order valence-electron chi connectivity index (χ3n) is 3.81.